The molecule has 71 heavy (non-hydrogen) atoms. The summed E-state index contributed by atoms with van der Waals surface area (Å²) in [5.74, 6) is 0. The second-order valence-corrected chi connectivity index (χ2v) is 19.5. The van der Waals surface area contributed by atoms with E-state index in [9.17, 15) is 0 Å². The van der Waals surface area contributed by atoms with Crippen molar-refractivity contribution in [2.24, 2.45) is 0 Å². The molecule has 14 rings (SSSR count). The minimum atomic E-state index is 1.09. The third-order valence-electron chi connectivity index (χ3n) is 14.4. The van der Waals surface area contributed by atoms with Gasteiger partial charge < -0.3 is 9.47 Å². The molecule has 0 fully saturated rings. The molecule has 3 heteroatoms. The Morgan fingerprint density at radius 1 is 0.282 bits per heavy atom. The quantitative estimate of drug-likeness (QED) is 0.147. The SMILES string of the molecule is c1cc(-c2ccc(N(c3ccc(-c4ccc(-c5cccc6ccccc56)cc4)cc3)c3ccc(-c4ccc5c(c4)sc4c6ccccc6ccc54)cc3)cc2)cc(-n2c3ccccc3c3ccccc32)c1. The Labute approximate surface area is 416 Å². The fourth-order valence-electron chi connectivity index (χ4n) is 10.9. The van der Waals surface area contributed by atoms with E-state index in [1.54, 1.807) is 0 Å². The van der Waals surface area contributed by atoms with Crippen molar-refractivity contribution in [1.29, 1.82) is 0 Å². The number of hydrogen-bond donors (Lipinski definition) is 0. The van der Waals surface area contributed by atoms with Gasteiger partial charge in [0.15, 0.2) is 0 Å². The van der Waals surface area contributed by atoms with Crippen LogP contribution in [0.25, 0.3) is 114 Å². The van der Waals surface area contributed by atoms with Crippen LogP contribution in [0, 0.1) is 0 Å². The molecule has 0 amide bonds. The average molecular weight is 921 g/mol. The summed E-state index contributed by atoms with van der Waals surface area (Å²) in [6.07, 6.45) is 0. The van der Waals surface area contributed by atoms with Crippen LogP contribution in [0.1, 0.15) is 0 Å². The summed E-state index contributed by atoms with van der Waals surface area (Å²) < 4.78 is 5.05. The monoisotopic (exact) mass is 920 g/mol. The van der Waals surface area contributed by atoms with Gasteiger partial charge in [0, 0.05) is 53.7 Å². The molecule has 0 radical (unpaired) electrons. The highest BCUT2D eigenvalue weighted by Crippen LogP contribution is 2.42. The van der Waals surface area contributed by atoms with Gasteiger partial charge >= 0.3 is 0 Å². The molecule has 0 aliphatic carbocycles. The smallest absolute Gasteiger partial charge is 0.0541 e. The van der Waals surface area contributed by atoms with Crippen molar-refractivity contribution >= 4 is 91.9 Å². The van der Waals surface area contributed by atoms with E-state index in [0.29, 0.717) is 0 Å². The highest BCUT2D eigenvalue weighted by Gasteiger charge is 2.17. The first-order chi connectivity index (χ1) is 35.2. The molecule has 0 saturated heterocycles. The molecule has 0 unspecified atom stereocenters. The number of thiophene rings is 1. The van der Waals surface area contributed by atoms with Crippen LogP contribution in [-0.2, 0) is 0 Å². The van der Waals surface area contributed by atoms with E-state index in [0.717, 1.165) is 22.7 Å². The maximum absolute atomic E-state index is 2.39. The van der Waals surface area contributed by atoms with Gasteiger partial charge in [0.05, 0.1) is 11.0 Å². The van der Waals surface area contributed by atoms with Gasteiger partial charge in [-0.1, -0.05) is 200 Å². The van der Waals surface area contributed by atoms with Crippen molar-refractivity contribution in [2.45, 2.75) is 0 Å². The third kappa shape index (κ3) is 7.09. The van der Waals surface area contributed by atoms with Gasteiger partial charge in [0.1, 0.15) is 0 Å². The lowest BCUT2D eigenvalue weighted by atomic mass is 9.96. The van der Waals surface area contributed by atoms with Crippen molar-refractivity contribution in [2.75, 3.05) is 4.90 Å². The van der Waals surface area contributed by atoms with Crippen LogP contribution < -0.4 is 4.90 Å². The van der Waals surface area contributed by atoms with Crippen LogP contribution in [0.5, 0.6) is 0 Å². The van der Waals surface area contributed by atoms with Crippen molar-refractivity contribution in [3.63, 3.8) is 0 Å². The molecule has 0 aliphatic heterocycles. The second-order valence-electron chi connectivity index (χ2n) is 18.5. The Kier molecular flexibility index (Phi) is 9.75. The van der Waals surface area contributed by atoms with E-state index < -0.39 is 0 Å². The van der Waals surface area contributed by atoms with Gasteiger partial charge in [0.25, 0.3) is 0 Å². The lowest BCUT2D eigenvalue weighted by Crippen LogP contribution is -2.09. The van der Waals surface area contributed by atoms with E-state index >= 15 is 0 Å². The zero-order chi connectivity index (χ0) is 46.8. The summed E-state index contributed by atoms with van der Waals surface area (Å²) in [5.41, 5.74) is 16.4. The van der Waals surface area contributed by atoms with Gasteiger partial charge in [-0.25, -0.2) is 0 Å². The van der Waals surface area contributed by atoms with Gasteiger partial charge in [-0.2, -0.15) is 0 Å². The van der Waals surface area contributed by atoms with Gasteiger partial charge in [-0.05, 0) is 133 Å². The Morgan fingerprint density at radius 3 is 1.37 bits per heavy atom. The van der Waals surface area contributed by atoms with Crippen LogP contribution in [0.3, 0.4) is 0 Å². The molecule has 2 heterocycles. The molecular formula is C68H44N2S. The average Bonchev–Trinajstić information content (AvgIpc) is 4.00. The Bertz CT molecular complexity index is 4250. The topological polar surface area (TPSA) is 8.17 Å². The standard InChI is InChI=1S/C68H44N2S/c1-3-16-58-49(11-1)13-10-20-59(58)51-25-23-45(24-26-51)46-27-35-54(36-28-46)69(56-39-31-48(32-40-56)53-34-41-63-64-42-33-50-12-2-4-17-60(50)68(64)71-67(63)44-53)55-37-29-47(30-38-55)52-14-9-15-57(43-52)70-65-21-7-5-18-61(65)62-19-6-8-22-66(62)70/h1-44H. The number of rotatable bonds is 8. The van der Waals surface area contributed by atoms with Crippen molar-refractivity contribution in [3.05, 3.63) is 267 Å². The maximum atomic E-state index is 2.39. The van der Waals surface area contributed by atoms with Crippen molar-refractivity contribution < 1.29 is 0 Å². The molecule has 0 bridgehead atoms. The zero-order valence-corrected chi connectivity index (χ0v) is 39.5. The lowest BCUT2D eigenvalue weighted by molar-refractivity contribution is 1.18. The van der Waals surface area contributed by atoms with Gasteiger partial charge in [-0.3, -0.25) is 0 Å². The van der Waals surface area contributed by atoms with Crippen LogP contribution in [0.15, 0.2) is 267 Å². The summed E-state index contributed by atoms with van der Waals surface area (Å²) in [7, 11) is 0. The predicted molar refractivity (Wildman–Crippen MR) is 305 cm³/mol. The van der Waals surface area contributed by atoms with Crippen molar-refractivity contribution in [1.82, 2.24) is 4.57 Å². The molecule has 332 valence electrons. The van der Waals surface area contributed by atoms with E-state index in [1.165, 1.54) is 108 Å². The highest BCUT2D eigenvalue weighted by molar-refractivity contribution is 7.26. The van der Waals surface area contributed by atoms with Crippen LogP contribution in [0.2, 0.25) is 0 Å². The minimum absolute atomic E-state index is 1.09. The molecule has 0 aliphatic rings. The minimum Gasteiger partial charge on any atom is -0.311 e. The zero-order valence-electron chi connectivity index (χ0n) is 38.7. The molecule has 0 atom stereocenters. The molecule has 2 nitrogen and oxygen atoms in total. The number of para-hydroxylation sites is 2. The highest BCUT2D eigenvalue weighted by atomic mass is 32.1. The van der Waals surface area contributed by atoms with Gasteiger partial charge in [-0.15, -0.1) is 11.3 Å². The van der Waals surface area contributed by atoms with Crippen LogP contribution >= 0.6 is 11.3 Å². The number of hydrogen-bond acceptors (Lipinski definition) is 2. The Hall–Kier alpha value is -9.02. The van der Waals surface area contributed by atoms with Crippen LogP contribution in [0.4, 0.5) is 17.1 Å². The van der Waals surface area contributed by atoms with E-state index in [4.69, 9.17) is 0 Å². The predicted octanol–water partition coefficient (Wildman–Crippen LogP) is 19.6. The molecule has 0 saturated carbocycles. The van der Waals surface area contributed by atoms with E-state index in [2.05, 4.69) is 276 Å². The summed E-state index contributed by atoms with van der Waals surface area (Å²) in [6, 6.07) is 97.8. The molecule has 12 aromatic carbocycles. The Morgan fingerprint density at radius 2 is 0.732 bits per heavy atom. The third-order valence-corrected chi connectivity index (χ3v) is 15.6. The molecular weight excluding hydrogens is 877 g/mol. The molecule has 2 aromatic heterocycles. The Balaban J connectivity index is 0.814. The van der Waals surface area contributed by atoms with Gasteiger partial charge in [0.2, 0.25) is 0 Å². The fraction of sp³-hybridized carbons (Fsp3) is 0. The lowest BCUT2D eigenvalue weighted by Gasteiger charge is -2.26. The molecule has 0 spiro atoms. The molecule has 14 aromatic rings. The number of anilines is 3. The summed E-state index contributed by atoms with van der Waals surface area (Å²) in [4.78, 5) is 2.37. The normalized spacial score (nSPS) is 11.7. The largest absolute Gasteiger partial charge is 0.311 e. The van der Waals surface area contributed by atoms with Crippen molar-refractivity contribution in [3.8, 4) is 50.2 Å². The number of aromatic nitrogens is 1. The first-order valence-electron chi connectivity index (χ1n) is 24.3. The first kappa shape index (κ1) is 41.0. The maximum Gasteiger partial charge on any atom is 0.0541 e. The number of fused-ring (bicyclic) bond motifs is 9. The number of benzene rings is 12. The first-order valence-corrected chi connectivity index (χ1v) is 25.1. The summed E-state index contributed by atoms with van der Waals surface area (Å²) in [5, 5.41) is 10.3. The van der Waals surface area contributed by atoms with E-state index in [-0.39, 0.29) is 0 Å². The van der Waals surface area contributed by atoms with E-state index in [1.807, 2.05) is 11.3 Å². The fourth-order valence-corrected chi connectivity index (χ4v) is 12.2. The summed E-state index contributed by atoms with van der Waals surface area (Å²) >= 11 is 1.89. The van der Waals surface area contributed by atoms with Crippen LogP contribution in [-0.4, -0.2) is 4.57 Å². The summed E-state index contributed by atoms with van der Waals surface area (Å²) in [6.45, 7) is 0. The molecule has 0 N–H and O–H groups in total. The number of nitrogens with zero attached hydrogens (tertiary/aromatic N) is 2. The second kappa shape index (κ2) is 16.9.